The molecule has 0 aliphatic rings. The van der Waals surface area contributed by atoms with Crippen molar-refractivity contribution >= 4 is 5.78 Å². The highest BCUT2D eigenvalue weighted by Gasteiger charge is 2.05. The van der Waals surface area contributed by atoms with Gasteiger partial charge in [0.25, 0.3) is 5.78 Å². The van der Waals surface area contributed by atoms with E-state index in [2.05, 4.69) is 22.0 Å². The number of fused-ring (bicyclic) bond motifs is 1. The highest BCUT2D eigenvalue weighted by atomic mass is 15.3. The quantitative estimate of drug-likeness (QED) is 0.723. The molecule has 4 nitrogen and oxygen atoms in total. The zero-order chi connectivity index (χ0) is 10.1. The van der Waals surface area contributed by atoms with Crippen molar-refractivity contribution in [3.8, 4) is 0 Å². The second kappa shape index (κ2) is 3.36. The maximum Gasteiger partial charge on any atom is 0.252 e. The predicted octanol–water partition coefficient (Wildman–Crippen LogP) is 1.69. The first-order valence-electron chi connectivity index (χ1n) is 4.90. The molecule has 2 aromatic heterocycles. The highest BCUT2D eigenvalue weighted by molar-refractivity contribution is 5.30. The van der Waals surface area contributed by atoms with Crippen LogP contribution in [-0.2, 0) is 6.42 Å². The van der Waals surface area contributed by atoms with E-state index >= 15 is 0 Å². The molecule has 0 unspecified atom stereocenters. The normalized spacial score (nSPS) is 11.1. The van der Waals surface area contributed by atoms with Crippen LogP contribution in [-0.4, -0.2) is 19.6 Å². The van der Waals surface area contributed by atoms with Gasteiger partial charge in [-0.15, -0.1) is 5.10 Å². The third kappa shape index (κ3) is 1.47. The minimum atomic E-state index is 0.714. The Morgan fingerprint density at radius 2 is 2.07 bits per heavy atom. The molecule has 0 radical (unpaired) electrons. The fraction of sp³-hybridized carbons (Fsp3) is 0.500. The van der Waals surface area contributed by atoms with Crippen molar-refractivity contribution < 1.29 is 0 Å². The number of hydrogen-bond donors (Lipinski definition) is 0. The topological polar surface area (TPSA) is 43.1 Å². The van der Waals surface area contributed by atoms with Gasteiger partial charge in [0.1, 0.15) is 0 Å². The molecule has 2 rings (SSSR count). The van der Waals surface area contributed by atoms with Gasteiger partial charge in [-0.2, -0.15) is 4.98 Å². The van der Waals surface area contributed by atoms with Gasteiger partial charge in [-0.3, -0.25) is 0 Å². The van der Waals surface area contributed by atoms with E-state index in [0.717, 1.165) is 30.1 Å². The smallest absolute Gasteiger partial charge is 0.216 e. The van der Waals surface area contributed by atoms with Gasteiger partial charge in [0.2, 0.25) is 0 Å². The number of nitrogens with zero attached hydrogens (tertiary/aromatic N) is 4. The highest BCUT2D eigenvalue weighted by Crippen LogP contribution is 2.06. The zero-order valence-corrected chi connectivity index (χ0v) is 8.78. The lowest BCUT2D eigenvalue weighted by Gasteiger charge is -1.97. The van der Waals surface area contributed by atoms with E-state index in [1.165, 1.54) is 0 Å². The summed E-state index contributed by atoms with van der Waals surface area (Å²) in [6.45, 7) is 6.12. The van der Waals surface area contributed by atoms with Gasteiger partial charge >= 0.3 is 0 Å². The van der Waals surface area contributed by atoms with E-state index in [1.807, 2.05) is 19.9 Å². The molecule has 0 atom stereocenters. The summed E-state index contributed by atoms with van der Waals surface area (Å²) in [5.41, 5.74) is 2.08. The second-order valence-electron chi connectivity index (χ2n) is 3.53. The Morgan fingerprint density at radius 3 is 2.79 bits per heavy atom. The summed E-state index contributed by atoms with van der Waals surface area (Å²) < 4.78 is 1.80. The molecule has 0 spiro atoms. The van der Waals surface area contributed by atoms with Gasteiger partial charge < -0.3 is 0 Å². The summed E-state index contributed by atoms with van der Waals surface area (Å²) in [4.78, 5) is 8.69. The Balaban J connectivity index is 2.58. The lowest BCUT2D eigenvalue weighted by atomic mass is 10.3. The summed E-state index contributed by atoms with van der Waals surface area (Å²) in [5.74, 6) is 1.60. The van der Waals surface area contributed by atoms with Crippen LogP contribution in [0.3, 0.4) is 0 Å². The maximum absolute atomic E-state index is 4.39. The Hall–Kier alpha value is -1.45. The predicted molar refractivity (Wildman–Crippen MR) is 54.3 cm³/mol. The van der Waals surface area contributed by atoms with Crippen molar-refractivity contribution in [3.05, 3.63) is 23.3 Å². The van der Waals surface area contributed by atoms with Gasteiger partial charge in [-0.05, 0) is 26.3 Å². The van der Waals surface area contributed by atoms with Crippen molar-refractivity contribution in [2.24, 2.45) is 0 Å². The zero-order valence-electron chi connectivity index (χ0n) is 8.78. The number of aromatic nitrogens is 4. The molecule has 14 heavy (non-hydrogen) atoms. The van der Waals surface area contributed by atoms with Crippen LogP contribution >= 0.6 is 0 Å². The van der Waals surface area contributed by atoms with Crippen LogP contribution in [0, 0.1) is 13.8 Å². The van der Waals surface area contributed by atoms with Crippen LogP contribution in [0.2, 0.25) is 0 Å². The van der Waals surface area contributed by atoms with Crippen molar-refractivity contribution in [1.82, 2.24) is 19.6 Å². The molecule has 74 valence electrons. The Labute approximate surface area is 83.0 Å². The molecule has 0 fully saturated rings. The van der Waals surface area contributed by atoms with Gasteiger partial charge in [-0.1, -0.05) is 6.92 Å². The Kier molecular flexibility index (Phi) is 2.19. The third-order valence-electron chi connectivity index (χ3n) is 2.14. The molecule has 0 bridgehead atoms. The first-order valence-corrected chi connectivity index (χ1v) is 4.90. The molecule has 2 aromatic rings. The molecule has 0 aromatic carbocycles. The molecular weight excluding hydrogens is 176 g/mol. The molecular formula is C10H14N4. The molecule has 0 amide bonds. The van der Waals surface area contributed by atoms with Crippen molar-refractivity contribution in [3.63, 3.8) is 0 Å². The summed E-state index contributed by atoms with van der Waals surface area (Å²) in [6, 6.07) is 2.01. The standard InChI is InChI=1S/C10H14N4/c1-4-5-9-12-10-11-7(2)6-8(3)14(10)13-9/h6H,4-5H2,1-3H3. The van der Waals surface area contributed by atoms with Gasteiger partial charge in [0.15, 0.2) is 5.82 Å². The largest absolute Gasteiger partial charge is 0.252 e. The van der Waals surface area contributed by atoms with E-state index in [9.17, 15) is 0 Å². The Morgan fingerprint density at radius 1 is 1.29 bits per heavy atom. The number of hydrogen-bond acceptors (Lipinski definition) is 3. The SMILES string of the molecule is CCCc1nc2nc(C)cc(C)n2n1. The summed E-state index contributed by atoms with van der Waals surface area (Å²) in [6.07, 6.45) is 1.98. The van der Waals surface area contributed by atoms with Crippen molar-refractivity contribution in [2.45, 2.75) is 33.6 Å². The van der Waals surface area contributed by atoms with E-state index in [4.69, 9.17) is 0 Å². The summed E-state index contributed by atoms with van der Waals surface area (Å²) in [7, 11) is 0. The van der Waals surface area contributed by atoms with Gasteiger partial charge in [0, 0.05) is 17.8 Å². The monoisotopic (exact) mass is 190 g/mol. The fourth-order valence-electron chi connectivity index (χ4n) is 1.54. The van der Waals surface area contributed by atoms with E-state index < -0.39 is 0 Å². The first-order chi connectivity index (χ1) is 6.70. The molecule has 0 N–H and O–H groups in total. The van der Waals surface area contributed by atoms with E-state index in [-0.39, 0.29) is 0 Å². The lowest BCUT2D eigenvalue weighted by molar-refractivity contribution is 0.804. The number of aryl methyl sites for hydroxylation is 3. The fourth-order valence-corrected chi connectivity index (χ4v) is 1.54. The van der Waals surface area contributed by atoms with Crippen LogP contribution in [0.4, 0.5) is 0 Å². The van der Waals surface area contributed by atoms with Gasteiger partial charge in [-0.25, -0.2) is 9.50 Å². The van der Waals surface area contributed by atoms with Crippen LogP contribution in [0.1, 0.15) is 30.6 Å². The lowest BCUT2D eigenvalue weighted by Crippen LogP contribution is -1.97. The van der Waals surface area contributed by atoms with Crippen LogP contribution in [0.25, 0.3) is 5.78 Å². The number of rotatable bonds is 2. The van der Waals surface area contributed by atoms with E-state index in [1.54, 1.807) is 4.52 Å². The summed E-state index contributed by atoms with van der Waals surface area (Å²) >= 11 is 0. The molecule has 0 aliphatic heterocycles. The van der Waals surface area contributed by atoms with Gasteiger partial charge in [0.05, 0.1) is 0 Å². The average molecular weight is 190 g/mol. The Bertz CT molecular complexity index is 458. The second-order valence-corrected chi connectivity index (χ2v) is 3.53. The minimum Gasteiger partial charge on any atom is -0.216 e. The van der Waals surface area contributed by atoms with Crippen LogP contribution < -0.4 is 0 Å². The minimum absolute atomic E-state index is 0.714. The molecule has 0 saturated heterocycles. The molecule has 2 heterocycles. The van der Waals surface area contributed by atoms with E-state index in [0.29, 0.717) is 5.78 Å². The van der Waals surface area contributed by atoms with Crippen molar-refractivity contribution in [2.75, 3.05) is 0 Å². The van der Waals surface area contributed by atoms with Crippen molar-refractivity contribution in [1.29, 1.82) is 0 Å². The first kappa shape index (κ1) is 9.12. The summed E-state index contributed by atoms with van der Waals surface area (Å²) in [5, 5.41) is 4.39. The third-order valence-corrected chi connectivity index (χ3v) is 2.14. The van der Waals surface area contributed by atoms with Crippen LogP contribution in [0.5, 0.6) is 0 Å². The van der Waals surface area contributed by atoms with Crippen LogP contribution in [0.15, 0.2) is 6.07 Å². The molecule has 4 heteroatoms. The molecule has 0 aliphatic carbocycles. The maximum atomic E-state index is 4.39. The molecule has 0 saturated carbocycles. The average Bonchev–Trinajstić information content (AvgIpc) is 2.48.